The summed E-state index contributed by atoms with van der Waals surface area (Å²) in [5.74, 6) is -1.04. The molecule has 29 heavy (non-hydrogen) atoms. The van der Waals surface area contributed by atoms with Gasteiger partial charge in [0.05, 0.1) is 17.7 Å². The monoisotopic (exact) mass is 414 g/mol. The third kappa shape index (κ3) is 4.71. The number of rotatable bonds is 5. The molecule has 0 unspecified atom stereocenters. The largest absolute Gasteiger partial charge is 0.346 e. The molecule has 0 atom stereocenters. The third-order valence-electron chi connectivity index (χ3n) is 4.55. The molecule has 152 valence electrons. The normalized spacial score (nSPS) is 11.0. The molecule has 2 amide bonds. The Kier molecular flexibility index (Phi) is 6.12. The lowest BCUT2D eigenvalue weighted by molar-refractivity contribution is -0.121. The van der Waals surface area contributed by atoms with Crippen molar-refractivity contribution in [2.45, 2.75) is 40.2 Å². The molecular weight excluding hydrogens is 391 g/mol. The molecule has 2 heterocycles. The van der Waals surface area contributed by atoms with Gasteiger partial charge in [-0.15, -0.1) is 11.3 Å². The van der Waals surface area contributed by atoms with Gasteiger partial charge in [-0.1, -0.05) is 0 Å². The summed E-state index contributed by atoms with van der Waals surface area (Å²) >= 11 is 1.38. The molecule has 1 aromatic carbocycles. The minimum atomic E-state index is -0.369. The number of amides is 2. The average molecular weight is 415 g/mol. The van der Waals surface area contributed by atoms with E-state index in [1.165, 1.54) is 23.5 Å². The lowest BCUT2D eigenvalue weighted by Gasteiger charge is -2.13. The van der Waals surface area contributed by atoms with E-state index in [4.69, 9.17) is 0 Å². The van der Waals surface area contributed by atoms with Crippen LogP contribution in [0.4, 0.5) is 4.39 Å². The smallest absolute Gasteiger partial charge is 0.271 e. The number of hydrogen-bond donors (Lipinski definition) is 2. The molecule has 2 aromatic heterocycles. The SMILES string of the molecule is Cc1cc(C(=O)NNC(=O)Cc2csc(-c3ccc(F)cc3)n2)c(C)n1C(C)C. The lowest BCUT2D eigenvalue weighted by Crippen LogP contribution is -2.42. The summed E-state index contributed by atoms with van der Waals surface area (Å²) in [6.45, 7) is 7.94. The highest BCUT2D eigenvalue weighted by atomic mass is 32.1. The van der Waals surface area contributed by atoms with Crippen LogP contribution in [0.25, 0.3) is 10.6 Å². The summed E-state index contributed by atoms with van der Waals surface area (Å²) in [5.41, 5.74) is 8.65. The Morgan fingerprint density at radius 2 is 1.86 bits per heavy atom. The topological polar surface area (TPSA) is 76.0 Å². The van der Waals surface area contributed by atoms with Gasteiger partial charge in [-0.2, -0.15) is 0 Å². The van der Waals surface area contributed by atoms with Gasteiger partial charge >= 0.3 is 0 Å². The van der Waals surface area contributed by atoms with Crippen molar-refractivity contribution in [3.05, 3.63) is 64.2 Å². The maximum absolute atomic E-state index is 13.0. The van der Waals surface area contributed by atoms with Crippen molar-refractivity contribution in [3.8, 4) is 10.6 Å². The fourth-order valence-electron chi connectivity index (χ4n) is 3.32. The number of nitrogens with one attached hydrogen (secondary N) is 2. The zero-order chi connectivity index (χ0) is 21.1. The number of carbonyl (C=O) groups excluding carboxylic acids is 2. The van der Waals surface area contributed by atoms with Crippen molar-refractivity contribution < 1.29 is 14.0 Å². The fraction of sp³-hybridized carbons (Fsp3) is 0.286. The van der Waals surface area contributed by atoms with E-state index in [1.54, 1.807) is 17.5 Å². The van der Waals surface area contributed by atoms with E-state index in [-0.39, 0.29) is 30.1 Å². The van der Waals surface area contributed by atoms with Crippen molar-refractivity contribution >= 4 is 23.2 Å². The summed E-state index contributed by atoms with van der Waals surface area (Å²) < 4.78 is 15.1. The Hall–Kier alpha value is -3.00. The molecule has 0 spiro atoms. The molecule has 2 N–H and O–H groups in total. The molecule has 6 nitrogen and oxygen atoms in total. The number of hydrogen-bond acceptors (Lipinski definition) is 4. The number of aryl methyl sites for hydroxylation is 1. The van der Waals surface area contributed by atoms with Gasteiger partial charge in [-0.3, -0.25) is 20.4 Å². The molecule has 3 rings (SSSR count). The van der Waals surface area contributed by atoms with Crippen LogP contribution in [0.1, 0.15) is 47.3 Å². The van der Waals surface area contributed by atoms with Gasteiger partial charge in [0.2, 0.25) is 5.91 Å². The van der Waals surface area contributed by atoms with Crippen molar-refractivity contribution in [1.29, 1.82) is 0 Å². The van der Waals surface area contributed by atoms with Crippen LogP contribution >= 0.6 is 11.3 Å². The Morgan fingerprint density at radius 3 is 2.48 bits per heavy atom. The van der Waals surface area contributed by atoms with E-state index >= 15 is 0 Å². The average Bonchev–Trinajstić information content (AvgIpc) is 3.24. The molecule has 0 aliphatic heterocycles. The predicted molar refractivity (Wildman–Crippen MR) is 111 cm³/mol. The Morgan fingerprint density at radius 1 is 1.17 bits per heavy atom. The van der Waals surface area contributed by atoms with Crippen LogP contribution in [-0.4, -0.2) is 21.4 Å². The van der Waals surface area contributed by atoms with Crippen LogP contribution < -0.4 is 10.9 Å². The van der Waals surface area contributed by atoms with Gasteiger partial charge in [-0.05, 0) is 58.0 Å². The molecule has 0 aliphatic carbocycles. The van der Waals surface area contributed by atoms with Gasteiger partial charge in [0.15, 0.2) is 0 Å². The van der Waals surface area contributed by atoms with Gasteiger partial charge in [-0.25, -0.2) is 9.37 Å². The van der Waals surface area contributed by atoms with Crippen molar-refractivity contribution in [1.82, 2.24) is 20.4 Å². The summed E-state index contributed by atoms with van der Waals surface area (Å²) in [6, 6.07) is 8.08. The highest BCUT2D eigenvalue weighted by Crippen LogP contribution is 2.24. The maximum Gasteiger partial charge on any atom is 0.271 e. The molecule has 0 saturated heterocycles. The Bertz CT molecular complexity index is 1040. The second-order valence-corrected chi connectivity index (χ2v) is 7.94. The van der Waals surface area contributed by atoms with Gasteiger partial charge in [0.1, 0.15) is 10.8 Å². The summed E-state index contributed by atoms with van der Waals surface area (Å²) in [6.07, 6.45) is 0.0307. The van der Waals surface area contributed by atoms with Crippen molar-refractivity contribution in [2.75, 3.05) is 0 Å². The number of hydrazine groups is 1. The van der Waals surface area contributed by atoms with E-state index in [0.29, 0.717) is 16.3 Å². The first kappa shape index (κ1) is 20.7. The first-order valence-corrected chi connectivity index (χ1v) is 10.1. The Balaban J connectivity index is 1.59. The number of nitrogens with zero attached hydrogens (tertiary/aromatic N) is 2. The third-order valence-corrected chi connectivity index (χ3v) is 5.49. The number of thiazole rings is 1. The Labute approximate surface area is 172 Å². The van der Waals surface area contributed by atoms with E-state index < -0.39 is 0 Å². The number of benzene rings is 1. The number of carbonyl (C=O) groups is 2. The molecule has 0 bridgehead atoms. The number of aromatic nitrogens is 2. The first-order valence-electron chi connectivity index (χ1n) is 9.24. The van der Waals surface area contributed by atoms with E-state index in [9.17, 15) is 14.0 Å². The summed E-state index contributed by atoms with van der Waals surface area (Å²) in [4.78, 5) is 29.0. The van der Waals surface area contributed by atoms with Crippen LogP contribution in [0.15, 0.2) is 35.7 Å². The molecule has 0 radical (unpaired) electrons. The molecular formula is C21H23FN4O2S. The molecule has 3 aromatic rings. The maximum atomic E-state index is 13.0. The zero-order valence-corrected chi connectivity index (χ0v) is 17.6. The van der Waals surface area contributed by atoms with Gasteiger partial charge in [0.25, 0.3) is 5.91 Å². The van der Waals surface area contributed by atoms with Gasteiger partial charge < -0.3 is 4.57 Å². The van der Waals surface area contributed by atoms with Crippen LogP contribution in [0.5, 0.6) is 0 Å². The van der Waals surface area contributed by atoms with E-state index in [0.717, 1.165) is 17.0 Å². The van der Waals surface area contributed by atoms with E-state index in [1.807, 2.05) is 19.9 Å². The quantitative estimate of drug-likeness (QED) is 0.621. The molecule has 0 fully saturated rings. The molecule has 0 aliphatic rings. The van der Waals surface area contributed by atoms with Crippen LogP contribution in [0.3, 0.4) is 0 Å². The lowest BCUT2D eigenvalue weighted by atomic mass is 10.2. The van der Waals surface area contributed by atoms with Crippen molar-refractivity contribution in [3.63, 3.8) is 0 Å². The minimum absolute atomic E-state index is 0.0307. The second-order valence-electron chi connectivity index (χ2n) is 7.08. The molecule has 8 heteroatoms. The van der Waals surface area contributed by atoms with Crippen LogP contribution in [0.2, 0.25) is 0 Å². The predicted octanol–water partition coefficient (Wildman–Crippen LogP) is 3.95. The highest BCUT2D eigenvalue weighted by Gasteiger charge is 2.18. The van der Waals surface area contributed by atoms with Crippen LogP contribution in [-0.2, 0) is 11.2 Å². The standard InChI is InChI=1S/C21H23FN4O2S/c1-12(2)26-13(3)9-18(14(26)4)20(28)25-24-19(27)10-17-11-29-21(23-17)15-5-7-16(22)8-6-15/h5-9,11-12H,10H2,1-4H3,(H,24,27)(H,25,28). The minimum Gasteiger partial charge on any atom is -0.346 e. The summed E-state index contributed by atoms with van der Waals surface area (Å²) in [7, 11) is 0. The summed E-state index contributed by atoms with van der Waals surface area (Å²) in [5, 5.41) is 2.48. The van der Waals surface area contributed by atoms with Gasteiger partial charge in [0, 0.05) is 28.4 Å². The second kappa shape index (κ2) is 8.57. The van der Waals surface area contributed by atoms with E-state index in [2.05, 4.69) is 34.3 Å². The van der Waals surface area contributed by atoms with Crippen LogP contribution in [0, 0.1) is 19.7 Å². The number of halogens is 1. The zero-order valence-electron chi connectivity index (χ0n) is 16.7. The highest BCUT2D eigenvalue weighted by molar-refractivity contribution is 7.13. The first-order chi connectivity index (χ1) is 13.8. The molecule has 0 saturated carbocycles. The van der Waals surface area contributed by atoms with Crippen molar-refractivity contribution in [2.24, 2.45) is 0 Å². The fourth-order valence-corrected chi connectivity index (χ4v) is 4.14.